The molecule has 0 spiro atoms. The van der Waals surface area contributed by atoms with Crippen LogP contribution in [0.2, 0.25) is 0 Å². The average molecular weight is 221 g/mol. The lowest BCUT2D eigenvalue weighted by Gasteiger charge is -2.16. The van der Waals surface area contributed by atoms with Crippen LogP contribution in [0.1, 0.15) is 21.5 Å². The Morgan fingerprint density at radius 3 is 2.50 bits per heavy atom. The number of rotatable bonds is 3. The highest BCUT2D eigenvalue weighted by Crippen LogP contribution is 2.12. The number of carbonyl (C=O) groups is 2. The Kier molecular flexibility index (Phi) is 3.66. The number of amides is 1. The zero-order valence-electron chi connectivity index (χ0n) is 9.65. The first-order valence-corrected chi connectivity index (χ1v) is 4.96. The molecule has 0 aliphatic heterocycles. The number of benzene rings is 1. The summed E-state index contributed by atoms with van der Waals surface area (Å²) in [6.07, 6.45) is 0. The molecular formula is C12H15NO3. The van der Waals surface area contributed by atoms with E-state index in [0.29, 0.717) is 5.56 Å². The molecule has 86 valence electrons. The summed E-state index contributed by atoms with van der Waals surface area (Å²) in [5, 5.41) is 8.61. The molecule has 0 unspecified atom stereocenters. The molecule has 1 rings (SSSR count). The van der Waals surface area contributed by atoms with E-state index in [4.69, 9.17) is 5.11 Å². The van der Waals surface area contributed by atoms with Crippen LogP contribution < -0.4 is 0 Å². The van der Waals surface area contributed by atoms with Crippen molar-refractivity contribution in [2.24, 2.45) is 0 Å². The zero-order valence-corrected chi connectivity index (χ0v) is 9.65. The fourth-order valence-electron chi connectivity index (χ4n) is 1.45. The molecule has 1 aromatic rings. The monoisotopic (exact) mass is 221 g/mol. The van der Waals surface area contributed by atoms with Gasteiger partial charge in [-0.1, -0.05) is 17.7 Å². The number of aliphatic carboxylic acids is 1. The van der Waals surface area contributed by atoms with Crippen LogP contribution in [0.25, 0.3) is 0 Å². The van der Waals surface area contributed by atoms with Crippen LogP contribution in [0.3, 0.4) is 0 Å². The Labute approximate surface area is 94.5 Å². The summed E-state index contributed by atoms with van der Waals surface area (Å²) in [5.41, 5.74) is 2.40. The van der Waals surface area contributed by atoms with Crippen LogP contribution in [0.4, 0.5) is 0 Å². The van der Waals surface area contributed by atoms with Gasteiger partial charge in [0.25, 0.3) is 5.91 Å². The SMILES string of the molecule is Cc1ccc(C)c(C(=O)N(C)CC(=O)O)c1. The van der Waals surface area contributed by atoms with Crippen molar-refractivity contribution >= 4 is 11.9 Å². The molecule has 0 saturated heterocycles. The van der Waals surface area contributed by atoms with E-state index in [9.17, 15) is 9.59 Å². The maximum atomic E-state index is 11.9. The maximum Gasteiger partial charge on any atom is 0.323 e. The van der Waals surface area contributed by atoms with Crippen molar-refractivity contribution < 1.29 is 14.7 Å². The van der Waals surface area contributed by atoms with Gasteiger partial charge >= 0.3 is 5.97 Å². The first-order chi connectivity index (χ1) is 7.41. The lowest BCUT2D eigenvalue weighted by Crippen LogP contribution is -2.32. The summed E-state index contributed by atoms with van der Waals surface area (Å²) in [6, 6.07) is 5.55. The second-order valence-corrected chi connectivity index (χ2v) is 3.87. The van der Waals surface area contributed by atoms with E-state index in [0.717, 1.165) is 11.1 Å². The van der Waals surface area contributed by atoms with Gasteiger partial charge in [0, 0.05) is 12.6 Å². The fourth-order valence-corrected chi connectivity index (χ4v) is 1.45. The third-order valence-corrected chi connectivity index (χ3v) is 2.34. The van der Waals surface area contributed by atoms with Gasteiger partial charge in [-0.2, -0.15) is 0 Å². The summed E-state index contributed by atoms with van der Waals surface area (Å²) in [7, 11) is 1.48. The van der Waals surface area contributed by atoms with Gasteiger partial charge in [-0.25, -0.2) is 0 Å². The van der Waals surface area contributed by atoms with Crippen LogP contribution in [0.15, 0.2) is 18.2 Å². The normalized spacial score (nSPS) is 9.94. The molecule has 1 N–H and O–H groups in total. The summed E-state index contributed by atoms with van der Waals surface area (Å²) >= 11 is 0. The highest BCUT2D eigenvalue weighted by Gasteiger charge is 2.16. The van der Waals surface area contributed by atoms with Crippen molar-refractivity contribution in [1.29, 1.82) is 0 Å². The number of aryl methyl sites for hydroxylation is 2. The van der Waals surface area contributed by atoms with Crippen molar-refractivity contribution in [2.45, 2.75) is 13.8 Å². The van der Waals surface area contributed by atoms with Crippen LogP contribution in [0.5, 0.6) is 0 Å². The molecule has 4 heteroatoms. The standard InChI is InChI=1S/C12H15NO3/c1-8-4-5-9(2)10(6-8)12(16)13(3)7-11(14)15/h4-6H,7H2,1-3H3,(H,14,15). The molecule has 0 aliphatic rings. The minimum absolute atomic E-state index is 0.261. The Bertz CT molecular complexity index is 426. The predicted octanol–water partition coefficient (Wildman–Crippen LogP) is 1.46. The van der Waals surface area contributed by atoms with Crippen molar-refractivity contribution in [1.82, 2.24) is 4.90 Å². The van der Waals surface area contributed by atoms with E-state index >= 15 is 0 Å². The Balaban J connectivity index is 2.95. The quantitative estimate of drug-likeness (QED) is 0.840. The lowest BCUT2D eigenvalue weighted by atomic mass is 10.0. The minimum Gasteiger partial charge on any atom is -0.480 e. The van der Waals surface area contributed by atoms with E-state index < -0.39 is 5.97 Å². The van der Waals surface area contributed by atoms with E-state index in [1.807, 2.05) is 26.0 Å². The molecule has 0 atom stereocenters. The average Bonchev–Trinajstić information content (AvgIpc) is 2.19. The van der Waals surface area contributed by atoms with Crippen LogP contribution in [-0.4, -0.2) is 35.5 Å². The van der Waals surface area contributed by atoms with Crippen molar-refractivity contribution in [3.63, 3.8) is 0 Å². The fraction of sp³-hybridized carbons (Fsp3) is 0.333. The molecular weight excluding hydrogens is 206 g/mol. The summed E-state index contributed by atoms with van der Waals surface area (Å²) in [6.45, 7) is 3.45. The van der Waals surface area contributed by atoms with E-state index in [1.165, 1.54) is 11.9 Å². The zero-order chi connectivity index (χ0) is 12.3. The Morgan fingerprint density at radius 1 is 1.31 bits per heavy atom. The van der Waals surface area contributed by atoms with Crippen LogP contribution in [-0.2, 0) is 4.79 Å². The Morgan fingerprint density at radius 2 is 1.94 bits per heavy atom. The van der Waals surface area contributed by atoms with E-state index in [-0.39, 0.29) is 12.5 Å². The largest absolute Gasteiger partial charge is 0.480 e. The van der Waals surface area contributed by atoms with Gasteiger partial charge in [-0.15, -0.1) is 0 Å². The number of nitrogens with zero attached hydrogens (tertiary/aromatic N) is 1. The van der Waals surface area contributed by atoms with Gasteiger partial charge in [-0.3, -0.25) is 9.59 Å². The molecule has 16 heavy (non-hydrogen) atoms. The highest BCUT2D eigenvalue weighted by molar-refractivity contribution is 5.97. The molecule has 0 radical (unpaired) electrons. The number of carboxylic acid groups (broad SMARTS) is 1. The molecule has 0 heterocycles. The summed E-state index contributed by atoms with van der Waals surface area (Å²) < 4.78 is 0. The molecule has 0 aromatic heterocycles. The van der Waals surface area contributed by atoms with Crippen LogP contribution in [0, 0.1) is 13.8 Å². The predicted molar refractivity (Wildman–Crippen MR) is 60.5 cm³/mol. The van der Waals surface area contributed by atoms with Crippen LogP contribution >= 0.6 is 0 Å². The second-order valence-electron chi connectivity index (χ2n) is 3.87. The van der Waals surface area contributed by atoms with Gasteiger partial charge < -0.3 is 10.0 Å². The summed E-state index contributed by atoms with van der Waals surface area (Å²) in [5.74, 6) is -1.27. The molecule has 1 aromatic carbocycles. The van der Waals surface area contributed by atoms with Gasteiger partial charge in [0.1, 0.15) is 6.54 Å². The van der Waals surface area contributed by atoms with Crippen molar-refractivity contribution in [3.05, 3.63) is 34.9 Å². The second kappa shape index (κ2) is 4.79. The molecule has 1 amide bonds. The Hall–Kier alpha value is -1.84. The first kappa shape index (κ1) is 12.2. The lowest BCUT2D eigenvalue weighted by molar-refractivity contribution is -0.137. The summed E-state index contributed by atoms with van der Waals surface area (Å²) in [4.78, 5) is 23.6. The molecule has 0 aliphatic carbocycles. The smallest absolute Gasteiger partial charge is 0.323 e. The third-order valence-electron chi connectivity index (χ3n) is 2.34. The molecule has 4 nitrogen and oxygen atoms in total. The molecule has 0 bridgehead atoms. The number of carboxylic acids is 1. The van der Waals surface area contributed by atoms with Gasteiger partial charge in [0.15, 0.2) is 0 Å². The van der Waals surface area contributed by atoms with Crippen molar-refractivity contribution in [2.75, 3.05) is 13.6 Å². The topological polar surface area (TPSA) is 57.6 Å². The number of hydrogen-bond donors (Lipinski definition) is 1. The highest BCUT2D eigenvalue weighted by atomic mass is 16.4. The molecule has 0 saturated carbocycles. The number of likely N-dealkylation sites (N-methyl/N-ethyl adjacent to an activating group) is 1. The van der Waals surface area contributed by atoms with Crippen molar-refractivity contribution in [3.8, 4) is 0 Å². The minimum atomic E-state index is -1.01. The van der Waals surface area contributed by atoms with Gasteiger partial charge in [0.2, 0.25) is 0 Å². The third kappa shape index (κ3) is 2.82. The number of carbonyl (C=O) groups excluding carboxylic acids is 1. The van der Waals surface area contributed by atoms with E-state index in [2.05, 4.69) is 0 Å². The first-order valence-electron chi connectivity index (χ1n) is 4.96. The van der Waals surface area contributed by atoms with Gasteiger partial charge in [-0.05, 0) is 25.5 Å². The van der Waals surface area contributed by atoms with E-state index in [1.54, 1.807) is 6.07 Å². The number of hydrogen-bond acceptors (Lipinski definition) is 2. The maximum absolute atomic E-state index is 11.9. The molecule has 0 fully saturated rings. The van der Waals surface area contributed by atoms with Gasteiger partial charge in [0.05, 0.1) is 0 Å².